The minimum atomic E-state index is -0.908. The van der Waals surface area contributed by atoms with E-state index in [0.29, 0.717) is 0 Å². The van der Waals surface area contributed by atoms with E-state index in [4.69, 9.17) is 5.21 Å². The zero-order chi connectivity index (χ0) is 10.8. The molecule has 1 rings (SSSR count). The van der Waals surface area contributed by atoms with E-state index in [-0.39, 0.29) is 5.84 Å². The van der Waals surface area contributed by atoms with Gasteiger partial charge in [0.2, 0.25) is 0 Å². The maximum absolute atomic E-state index is 9.84. The molecule has 0 bridgehead atoms. The van der Waals surface area contributed by atoms with Gasteiger partial charge in [-0.15, -0.1) is 0 Å². The van der Waals surface area contributed by atoms with Gasteiger partial charge in [0.25, 0.3) is 0 Å². The fourth-order valence-corrected chi connectivity index (χ4v) is 0.940. The van der Waals surface area contributed by atoms with Crippen molar-refractivity contribution < 1.29 is 10.3 Å². The van der Waals surface area contributed by atoms with Crippen molar-refractivity contribution in [1.82, 2.24) is 14.8 Å². The first kappa shape index (κ1) is 10.6. The summed E-state index contributed by atoms with van der Waals surface area (Å²) in [4.78, 5) is 3.70. The molecule has 0 aliphatic heterocycles. The third-order valence-electron chi connectivity index (χ3n) is 1.82. The van der Waals surface area contributed by atoms with Crippen LogP contribution >= 0.6 is 0 Å². The molecule has 1 heterocycles. The lowest BCUT2D eigenvalue weighted by Gasteiger charge is -2.25. The van der Waals surface area contributed by atoms with Crippen LogP contribution in [0.15, 0.2) is 17.8 Å². The Bertz CT molecular complexity index is 313. The highest BCUT2D eigenvalue weighted by Crippen LogP contribution is 2.20. The molecular weight excluding hydrogens is 184 g/mol. The number of rotatable bonds is 1. The zero-order valence-electron chi connectivity index (χ0n) is 8.42. The van der Waals surface area contributed by atoms with E-state index in [2.05, 4.69) is 15.2 Å². The van der Waals surface area contributed by atoms with Crippen molar-refractivity contribution >= 4 is 5.84 Å². The molecule has 0 unspecified atom stereocenters. The van der Waals surface area contributed by atoms with E-state index in [1.54, 1.807) is 0 Å². The number of aliphatic hydroxyl groups is 1. The Kier molecular flexibility index (Phi) is 2.85. The number of hydrogen-bond donors (Lipinski definition) is 2. The van der Waals surface area contributed by atoms with Crippen molar-refractivity contribution in [2.75, 3.05) is 0 Å². The molecule has 1 aromatic rings. The van der Waals surface area contributed by atoms with Crippen molar-refractivity contribution in [3.8, 4) is 0 Å². The average molecular weight is 198 g/mol. The Hall–Kier alpha value is -1.43. The van der Waals surface area contributed by atoms with Gasteiger partial charge < -0.3 is 10.3 Å². The van der Waals surface area contributed by atoms with Crippen LogP contribution in [0.4, 0.5) is 0 Å². The third-order valence-corrected chi connectivity index (χ3v) is 1.82. The molecule has 0 saturated carbocycles. The standard InChI is InChI=1S/C8H14N4O2/c1-8(2,3)6(13)7(11-14)12-5-9-4-10-12/h4-6,13-14H,1-3H3/b11-7+/t6-/m1/s1. The summed E-state index contributed by atoms with van der Waals surface area (Å²) in [5, 5.41) is 25.4. The minimum absolute atomic E-state index is 0.0648. The fraction of sp³-hybridized carbons (Fsp3) is 0.625. The molecule has 2 N–H and O–H groups in total. The predicted molar refractivity (Wildman–Crippen MR) is 50.1 cm³/mol. The van der Waals surface area contributed by atoms with Crippen LogP contribution in [-0.4, -0.2) is 37.0 Å². The molecule has 0 spiro atoms. The Morgan fingerprint density at radius 2 is 2.14 bits per heavy atom. The quantitative estimate of drug-likeness (QED) is 0.294. The van der Waals surface area contributed by atoms with Crippen LogP contribution in [-0.2, 0) is 0 Å². The molecular formula is C8H14N4O2. The van der Waals surface area contributed by atoms with Gasteiger partial charge in [-0.1, -0.05) is 25.9 Å². The first-order chi connectivity index (χ1) is 6.46. The summed E-state index contributed by atoms with van der Waals surface area (Å²) >= 11 is 0. The van der Waals surface area contributed by atoms with E-state index >= 15 is 0 Å². The van der Waals surface area contributed by atoms with Gasteiger partial charge in [0.15, 0.2) is 5.84 Å². The molecule has 1 atom stereocenters. The SMILES string of the molecule is CC(C)(C)[C@H](O)/C(=N\O)n1cncn1. The molecule has 1 aromatic heterocycles. The normalized spacial score (nSPS) is 15.6. The van der Waals surface area contributed by atoms with Gasteiger partial charge in [-0.25, -0.2) is 9.67 Å². The molecule has 0 fully saturated rings. The summed E-state index contributed by atoms with van der Waals surface area (Å²) in [5.74, 6) is 0.0648. The lowest BCUT2D eigenvalue weighted by Crippen LogP contribution is -2.38. The van der Waals surface area contributed by atoms with E-state index < -0.39 is 11.5 Å². The molecule has 0 aliphatic rings. The highest BCUT2D eigenvalue weighted by atomic mass is 16.4. The van der Waals surface area contributed by atoms with E-state index in [0.717, 1.165) is 0 Å². The maximum Gasteiger partial charge on any atom is 0.199 e. The number of oxime groups is 1. The van der Waals surface area contributed by atoms with Crippen LogP contribution in [0, 0.1) is 5.41 Å². The predicted octanol–water partition coefficient (Wildman–Crippen LogP) is 0.321. The Morgan fingerprint density at radius 1 is 1.50 bits per heavy atom. The van der Waals surface area contributed by atoms with Crippen LogP contribution in [0.5, 0.6) is 0 Å². The van der Waals surface area contributed by atoms with Crippen LogP contribution in [0.3, 0.4) is 0 Å². The van der Waals surface area contributed by atoms with E-state index in [1.165, 1.54) is 17.3 Å². The summed E-state index contributed by atoms with van der Waals surface area (Å²) in [5.41, 5.74) is -0.423. The lowest BCUT2D eigenvalue weighted by atomic mass is 9.88. The fourth-order valence-electron chi connectivity index (χ4n) is 0.940. The molecule has 6 heteroatoms. The van der Waals surface area contributed by atoms with Gasteiger partial charge in [-0.3, -0.25) is 0 Å². The average Bonchev–Trinajstić information content (AvgIpc) is 2.57. The summed E-state index contributed by atoms with van der Waals surface area (Å²) in [7, 11) is 0. The number of hydrogen-bond acceptors (Lipinski definition) is 5. The molecule has 14 heavy (non-hydrogen) atoms. The highest BCUT2D eigenvalue weighted by Gasteiger charge is 2.29. The second kappa shape index (κ2) is 3.75. The molecule has 0 amide bonds. The van der Waals surface area contributed by atoms with E-state index in [9.17, 15) is 5.11 Å². The topological polar surface area (TPSA) is 83.5 Å². The van der Waals surface area contributed by atoms with Gasteiger partial charge in [-0.05, 0) is 5.41 Å². The minimum Gasteiger partial charge on any atom is -0.409 e. The first-order valence-corrected chi connectivity index (χ1v) is 4.22. The molecule has 0 aliphatic carbocycles. The molecule has 78 valence electrons. The van der Waals surface area contributed by atoms with E-state index in [1.807, 2.05) is 20.8 Å². The zero-order valence-corrected chi connectivity index (χ0v) is 8.42. The summed E-state index contributed by atoms with van der Waals surface area (Å²) in [6.45, 7) is 5.50. The lowest BCUT2D eigenvalue weighted by molar-refractivity contribution is 0.114. The molecule has 0 aromatic carbocycles. The van der Waals surface area contributed by atoms with Gasteiger partial charge >= 0.3 is 0 Å². The molecule has 0 radical (unpaired) electrons. The maximum atomic E-state index is 9.84. The van der Waals surface area contributed by atoms with Crippen molar-refractivity contribution in [2.24, 2.45) is 10.6 Å². The monoisotopic (exact) mass is 198 g/mol. The van der Waals surface area contributed by atoms with Gasteiger partial charge in [-0.2, -0.15) is 5.10 Å². The third kappa shape index (κ3) is 2.08. The smallest absolute Gasteiger partial charge is 0.199 e. The van der Waals surface area contributed by atoms with Crippen molar-refractivity contribution in [3.63, 3.8) is 0 Å². The first-order valence-electron chi connectivity index (χ1n) is 4.22. The molecule has 0 saturated heterocycles. The van der Waals surface area contributed by atoms with Gasteiger partial charge in [0.05, 0.1) is 0 Å². The van der Waals surface area contributed by atoms with Crippen LogP contribution in [0.2, 0.25) is 0 Å². The van der Waals surface area contributed by atoms with Crippen molar-refractivity contribution in [2.45, 2.75) is 26.9 Å². The van der Waals surface area contributed by atoms with Crippen LogP contribution in [0.25, 0.3) is 0 Å². The van der Waals surface area contributed by atoms with Crippen molar-refractivity contribution in [1.29, 1.82) is 0 Å². The largest absolute Gasteiger partial charge is 0.409 e. The summed E-state index contributed by atoms with van der Waals surface area (Å²) in [6, 6.07) is 0. The summed E-state index contributed by atoms with van der Waals surface area (Å²) in [6.07, 6.45) is 1.76. The second-order valence-corrected chi connectivity index (χ2v) is 4.07. The number of aromatic nitrogens is 3. The molecule has 6 nitrogen and oxygen atoms in total. The Labute approximate surface area is 81.9 Å². The number of nitrogens with zero attached hydrogens (tertiary/aromatic N) is 4. The van der Waals surface area contributed by atoms with Gasteiger partial charge in [0.1, 0.15) is 18.8 Å². The van der Waals surface area contributed by atoms with Gasteiger partial charge in [0, 0.05) is 0 Å². The van der Waals surface area contributed by atoms with Crippen molar-refractivity contribution in [3.05, 3.63) is 12.7 Å². The Balaban J connectivity index is 2.96. The summed E-state index contributed by atoms with van der Waals surface area (Å²) < 4.78 is 1.23. The second-order valence-electron chi connectivity index (χ2n) is 4.07. The van der Waals surface area contributed by atoms with Crippen LogP contribution in [0.1, 0.15) is 20.8 Å². The number of aliphatic hydroxyl groups excluding tert-OH is 1. The highest BCUT2D eigenvalue weighted by molar-refractivity contribution is 5.87. The van der Waals surface area contributed by atoms with Crippen LogP contribution < -0.4 is 0 Å². The Morgan fingerprint density at radius 3 is 2.50 bits per heavy atom.